The number of allylic oxidation sites excluding steroid dienone is 12. The van der Waals surface area contributed by atoms with E-state index in [4.69, 9.17) is 14.2 Å². The molecule has 2 atom stereocenters. The molecule has 8 heteroatoms. The van der Waals surface area contributed by atoms with E-state index in [1.165, 1.54) is 12.8 Å². The molecule has 0 saturated heterocycles. The molecule has 0 radical (unpaired) electrons. The van der Waals surface area contributed by atoms with Crippen LogP contribution in [-0.4, -0.2) is 80.6 Å². The molecule has 0 aromatic rings. The van der Waals surface area contributed by atoms with Crippen molar-refractivity contribution in [3.05, 3.63) is 72.9 Å². The fourth-order valence-corrected chi connectivity index (χ4v) is 5.29. The summed E-state index contributed by atoms with van der Waals surface area (Å²) < 4.78 is 17.2. The zero-order valence-corrected chi connectivity index (χ0v) is 33.5. The summed E-state index contributed by atoms with van der Waals surface area (Å²) in [5.74, 6) is -1.55. The van der Waals surface area contributed by atoms with E-state index in [0.717, 1.165) is 83.5 Å². The molecule has 0 rings (SSSR count). The molecular weight excluding hydrogens is 654 g/mol. The van der Waals surface area contributed by atoms with E-state index >= 15 is 0 Å². The second-order valence-electron chi connectivity index (χ2n) is 14.1. The van der Waals surface area contributed by atoms with Crippen molar-refractivity contribution in [1.29, 1.82) is 0 Å². The molecule has 0 aromatic heterocycles. The van der Waals surface area contributed by atoms with Crippen LogP contribution in [0.5, 0.6) is 0 Å². The molecule has 1 N–H and O–H groups in total. The van der Waals surface area contributed by atoms with Crippen LogP contribution >= 0.6 is 0 Å². The number of rotatable bonds is 34. The summed E-state index contributed by atoms with van der Waals surface area (Å²) in [6.45, 7) is 4.42. The van der Waals surface area contributed by atoms with Gasteiger partial charge in [0.2, 0.25) is 0 Å². The smallest absolute Gasteiger partial charge is 0.362 e. The molecule has 0 amide bonds. The summed E-state index contributed by atoms with van der Waals surface area (Å²) in [5, 5.41) is 9.59. The SMILES string of the molecule is CC/C=C/C/C=C/C/C=C/CCCCCCCCC(=O)OCC(COCCC(C(=O)O)[N+](C)(C)C)OC(=O)CCCC/C=C/C/C=C/C/C=C/CC. The standard InChI is InChI=1S/C44H73NO7/c1-6-8-10-12-14-16-18-20-21-22-23-25-26-28-30-32-34-42(46)51-39-40(38-50-37-36-41(44(48)49)45(3,4)5)52-43(47)35-33-31-29-27-24-19-17-15-13-11-9-7-2/h8-11,14-17,20-21,24,27,40-41H,6-7,12-13,18-19,22-23,25-26,28-39H2,1-5H3/p+1/b10-8+,11-9+,16-14+,17-15+,21-20+,27-24+. The lowest BCUT2D eigenvalue weighted by Crippen LogP contribution is -2.50. The van der Waals surface area contributed by atoms with Crippen molar-refractivity contribution in [2.75, 3.05) is 41.0 Å². The van der Waals surface area contributed by atoms with Crippen LogP contribution in [0.15, 0.2) is 72.9 Å². The molecule has 0 spiro atoms. The Morgan fingerprint density at radius 1 is 0.577 bits per heavy atom. The van der Waals surface area contributed by atoms with E-state index < -0.39 is 18.1 Å². The summed E-state index contributed by atoms with van der Waals surface area (Å²) in [6, 6.07) is -0.626. The molecule has 52 heavy (non-hydrogen) atoms. The molecular formula is C44H74NO7+. The van der Waals surface area contributed by atoms with Crippen molar-refractivity contribution in [3.8, 4) is 0 Å². The number of quaternary nitrogens is 1. The van der Waals surface area contributed by atoms with Crippen molar-refractivity contribution in [2.45, 2.75) is 148 Å². The quantitative estimate of drug-likeness (QED) is 0.0305. The minimum atomic E-state index is -0.887. The average Bonchev–Trinajstić information content (AvgIpc) is 3.09. The van der Waals surface area contributed by atoms with E-state index in [0.29, 0.717) is 19.3 Å². The number of likely N-dealkylation sites (N-methyl/N-ethyl adjacent to an activating group) is 1. The van der Waals surface area contributed by atoms with Crippen LogP contribution < -0.4 is 0 Å². The maximum absolute atomic E-state index is 12.6. The fraction of sp³-hybridized carbons (Fsp3) is 0.659. The Morgan fingerprint density at radius 3 is 1.54 bits per heavy atom. The molecule has 0 bridgehead atoms. The maximum Gasteiger partial charge on any atom is 0.362 e. The van der Waals surface area contributed by atoms with Crippen LogP contribution in [0, 0.1) is 0 Å². The van der Waals surface area contributed by atoms with Crippen molar-refractivity contribution in [3.63, 3.8) is 0 Å². The molecule has 0 aromatic carbocycles. The van der Waals surface area contributed by atoms with Gasteiger partial charge < -0.3 is 23.8 Å². The Hall–Kier alpha value is -3.23. The van der Waals surface area contributed by atoms with Crippen LogP contribution in [0.25, 0.3) is 0 Å². The highest BCUT2D eigenvalue weighted by atomic mass is 16.6. The summed E-state index contributed by atoms with van der Waals surface area (Å²) >= 11 is 0. The molecule has 8 nitrogen and oxygen atoms in total. The predicted molar refractivity (Wildman–Crippen MR) is 215 cm³/mol. The molecule has 0 aliphatic heterocycles. The number of unbranched alkanes of at least 4 members (excludes halogenated alkanes) is 8. The summed E-state index contributed by atoms with van der Waals surface area (Å²) in [6.07, 6.45) is 42.4. The van der Waals surface area contributed by atoms with Crippen molar-refractivity contribution in [1.82, 2.24) is 0 Å². The second-order valence-corrected chi connectivity index (χ2v) is 14.1. The van der Waals surface area contributed by atoms with Crippen LogP contribution in [-0.2, 0) is 28.6 Å². The Bertz CT molecular complexity index is 1080. The molecule has 0 aliphatic rings. The Balaban J connectivity index is 4.47. The highest BCUT2D eigenvalue weighted by Gasteiger charge is 2.31. The lowest BCUT2D eigenvalue weighted by atomic mass is 10.1. The third-order valence-electron chi connectivity index (χ3n) is 8.35. The molecule has 0 aliphatic carbocycles. The van der Waals surface area contributed by atoms with Gasteiger partial charge in [-0.25, -0.2) is 4.79 Å². The normalized spacial score (nSPS) is 13.8. The zero-order chi connectivity index (χ0) is 38.5. The maximum atomic E-state index is 12.6. The zero-order valence-electron chi connectivity index (χ0n) is 33.5. The van der Waals surface area contributed by atoms with Crippen LogP contribution in [0.3, 0.4) is 0 Å². The van der Waals surface area contributed by atoms with Crippen LogP contribution in [0.2, 0.25) is 0 Å². The first kappa shape index (κ1) is 48.8. The van der Waals surface area contributed by atoms with Crippen molar-refractivity contribution >= 4 is 17.9 Å². The number of carboxylic acids is 1. The third kappa shape index (κ3) is 32.7. The van der Waals surface area contributed by atoms with Crippen molar-refractivity contribution < 1.29 is 38.2 Å². The highest BCUT2D eigenvalue weighted by molar-refractivity contribution is 5.72. The highest BCUT2D eigenvalue weighted by Crippen LogP contribution is 2.12. The predicted octanol–water partition coefficient (Wildman–Crippen LogP) is 10.4. The molecule has 0 heterocycles. The van der Waals surface area contributed by atoms with Gasteiger partial charge in [0.25, 0.3) is 0 Å². The summed E-state index contributed by atoms with van der Waals surface area (Å²) in [7, 11) is 5.49. The topological polar surface area (TPSA) is 99.1 Å². The summed E-state index contributed by atoms with van der Waals surface area (Å²) in [4.78, 5) is 36.8. The number of carbonyl (C=O) groups excluding carboxylic acids is 2. The number of nitrogens with zero attached hydrogens (tertiary/aromatic N) is 1. The first-order valence-corrected chi connectivity index (χ1v) is 20.0. The first-order valence-electron chi connectivity index (χ1n) is 20.0. The molecule has 0 saturated carbocycles. The number of hydrogen-bond donors (Lipinski definition) is 1. The fourth-order valence-electron chi connectivity index (χ4n) is 5.29. The number of carbonyl (C=O) groups is 3. The average molecular weight is 729 g/mol. The summed E-state index contributed by atoms with van der Waals surface area (Å²) in [5.41, 5.74) is 0. The number of esters is 2. The van der Waals surface area contributed by atoms with Gasteiger partial charge in [-0.3, -0.25) is 9.59 Å². The molecule has 296 valence electrons. The van der Waals surface area contributed by atoms with Gasteiger partial charge in [-0.15, -0.1) is 0 Å². The second kappa shape index (κ2) is 34.8. The number of hydrogen-bond acceptors (Lipinski definition) is 6. The lowest BCUT2D eigenvalue weighted by Gasteiger charge is -2.31. The van der Waals surface area contributed by atoms with Gasteiger partial charge >= 0.3 is 17.9 Å². The Kier molecular flexibility index (Phi) is 32.7. The molecule has 2 unspecified atom stereocenters. The van der Waals surface area contributed by atoms with Gasteiger partial charge in [-0.1, -0.05) is 112 Å². The number of ether oxygens (including phenoxy) is 3. The van der Waals surface area contributed by atoms with Gasteiger partial charge in [-0.05, 0) is 77.0 Å². The van der Waals surface area contributed by atoms with E-state index in [9.17, 15) is 19.5 Å². The van der Waals surface area contributed by atoms with Gasteiger partial charge in [-0.2, -0.15) is 0 Å². The Morgan fingerprint density at radius 2 is 1.02 bits per heavy atom. The minimum Gasteiger partial charge on any atom is -0.477 e. The van der Waals surface area contributed by atoms with Gasteiger partial charge in [0.15, 0.2) is 12.1 Å². The number of aliphatic carboxylic acids is 1. The monoisotopic (exact) mass is 729 g/mol. The Labute approximate surface area is 317 Å². The van der Waals surface area contributed by atoms with Gasteiger partial charge in [0.1, 0.15) is 6.61 Å². The largest absolute Gasteiger partial charge is 0.477 e. The van der Waals surface area contributed by atoms with Crippen LogP contribution in [0.4, 0.5) is 0 Å². The van der Waals surface area contributed by atoms with E-state index in [-0.39, 0.29) is 42.7 Å². The molecule has 0 fully saturated rings. The third-order valence-corrected chi connectivity index (χ3v) is 8.35. The number of carboxylic acid groups (broad SMARTS) is 1. The first-order chi connectivity index (χ1) is 25.1. The van der Waals surface area contributed by atoms with E-state index in [2.05, 4.69) is 86.8 Å². The minimum absolute atomic E-state index is 0.0372. The van der Waals surface area contributed by atoms with Gasteiger partial charge in [0.05, 0.1) is 34.4 Å². The van der Waals surface area contributed by atoms with Gasteiger partial charge in [0, 0.05) is 19.3 Å². The van der Waals surface area contributed by atoms with Crippen LogP contribution in [0.1, 0.15) is 136 Å². The van der Waals surface area contributed by atoms with E-state index in [1.54, 1.807) is 0 Å². The van der Waals surface area contributed by atoms with Crippen molar-refractivity contribution in [2.24, 2.45) is 0 Å². The van der Waals surface area contributed by atoms with E-state index in [1.807, 2.05) is 21.1 Å². The lowest BCUT2D eigenvalue weighted by molar-refractivity contribution is -0.887.